The van der Waals surface area contributed by atoms with E-state index in [1.54, 1.807) is 17.2 Å². The van der Waals surface area contributed by atoms with E-state index in [2.05, 4.69) is 53.7 Å². The number of nitrogens with one attached hydrogen (secondary N) is 2. The number of benzene rings is 2. The molecule has 1 heterocycles. The van der Waals surface area contributed by atoms with E-state index < -0.39 is 0 Å². The van der Waals surface area contributed by atoms with Crippen LogP contribution in [0.1, 0.15) is 26.3 Å². The highest BCUT2D eigenvalue weighted by Gasteiger charge is 2.08. The fourth-order valence-electron chi connectivity index (χ4n) is 2.85. The summed E-state index contributed by atoms with van der Waals surface area (Å²) in [6, 6.07) is 14.9. The smallest absolute Gasteiger partial charge is 0.0858 e. The molecule has 5 nitrogen and oxygen atoms in total. The van der Waals surface area contributed by atoms with Crippen LogP contribution in [-0.4, -0.2) is 27.1 Å². The molecule has 0 saturated carbocycles. The molecule has 1 unspecified atom stereocenters. The van der Waals surface area contributed by atoms with Crippen LogP contribution in [-0.2, 0) is 6.42 Å². The monoisotopic (exact) mass is 369 g/mol. The second-order valence-electron chi connectivity index (χ2n) is 6.73. The van der Waals surface area contributed by atoms with Crippen LogP contribution < -0.4 is 10.6 Å². The van der Waals surface area contributed by atoms with Gasteiger partial charge in [0.05, 0.1) is 28.8 Å². The summed E-state index contributed by atoms with van der Waals surface area (Å²) in [6.07, 6.45) is 4.25. The van der Waals surface area contributed by atoms with Crippen molar-refractivity contribution >= 4 is 23.0 Å². The van der Waals surface area contributed by atoms with Gasteiger partial charge in [0.15, 0.2) is 0 Å². The van der Waals surface area contributed by atoms with Crippen LogP contribution in [0.3, 0.4) is 0 Å². The molecule has 2 N–H and O–H groups in total. The minimum absolute atomic E-state index is 0.289. The van der Waals surface area contributed by atoms with Crippen LogP contribution in [0.15, 0.2) is 54.9 Å². The number of nitrogens with zero attached hydrogens (tertiary/aromatic N) is 3. The molecule has 6 heteroatoms. The SMILES string of the molecule is CC(C)Nc1cc(CC(C)Nc2ccc(-n3nccn3)cc2)ccc1Cl. The lowest BCUT2D eigenvalue weighted by molar-refractivity contribution is 0.751. The molecule has 136 valence electrons. The normalized spacial score (nSPS) is 12.2. The van der Waals surface area contributed by atoms with Crippen molar-refractivity contribution in [2.45, 2.75) is 39.3 Å². The minimum Gasteiger partial charge on any atom is -0.382 e. The van der Waals surface area contributed by atoms with Crippen LogP contribution in [0, 0.1) is 0 Å². The summed E-state index contributed by atoms with van der Waals surface area (Å²) in [5, 5.41) is 16.0. The van der Waals surface area contributed by atoms with Crippen LogP contribution in [0.4, 0.5) is 11.4 Å². The molecule has 0 saturated heterocycles. The van der Waals surface area contributed by atoms with Crippen molar-refractivity contribution < 1.29 is 0 Å². The summed E-state index contributed by atoms with van der Waals surface area (Å²) >= 11 is 6.27. The lowest BCUT2D eigenvalue weighted by Crippen LogP contribution is -2.18. The van der Waals surface area contributed by atoms with E-state index in [-0.39, 0.29) is 6.04 Å². The van der Waals surface area contributed by atoms with E-state index in [1.165, 1.54) is 5.56 Å². The van der Waals surface area contributed by atoms with Crippen LogP contribution >= 0.6 is 11.6 Å². The van der Waals surface area contributed by atoms with Crippen LogP contribution in [0.25, 0.3) is 5.69 Å². The molecule has 1 aromatic heterocycles. The molecule has 0 radical (unpaired) electrons. The van der Waals surface area contributed by atoms with Gasteiger partial charge in [-0.1, -0.05) is 17.7 Å². The molecular weight excluding hydrogens is 346 g/mol. The molecule has 2 aromatic carbocycles. The van der Waals surface area contributed by atoms with E-state index in [4.69, 9.17) is 11.6 Å². The highest BCUT2D eigenvalue weighted by molar-refractivity contribution is 6.33. The molecule has 1 atom stereocenters. The van der Waals surface area contributed by atoms with Gasteiger partial charge in [0.25, 0.3) is 0 Å². The Balaban J connectivity index is 1.62. The van der Waals surface area contributed by atoms with Gasteiger partial charge in [-0.25, -0.2) is 0 Å². The lowest BCUT2D eigenvalue weighted by atomic mass is 10.1. The van der Waals surface area contributed by atoms with Gasteiger partial charge >= 0.3 is 0 Å². The van der Waals surface area contributed by atoms with Gasteiger partial charge in [0.1, 0.15) is 0 Å². The van der Waals surface area contributed by atoms with Gasteiger partial charge in [-0.2, -0.15) is 15.0 Å². The average molecular weight is 370 g/mol. The summed E-state index contributed by atoms with van der Waals surface area (Å²) in [5.74, 6) is 0. The maximum absolute atomic E-state index is 6.27. The van der Waals surface area contributed by atoms with E-state index in [1.807, 2.05) is 30.3 Å². The van der Waals surface area contributed by atoms with Gasteiger partial charge in [0.2, 0.25) is 0 Å². The van der Waals surface area contributed by atoms with Gasteiger partial charge in [-0.05, 0) is 69.2 Å². The third kappa shape index (κ3) is 4.76. The quantitative estimate of drug-likeness (QED) is 0.629. The van der Waals surface area contributed by atoms with Crippen molar-refractivity contribution in [2.24, 2.45) is 0 Å². The first-order valence-electron chi connectivity index (χ1n) is 8.79. The summed E-state index contributed by atoms with van der Waals surface area (Å²) < 4.78 is 0. The summed E-state index contributed by atoms with van der Waals surface area (Å²) in [7, 11) is 0. The topological polar surface area (TPSA) is 54.8 Å². The highest BCUT2D eigenvalue weighted by atomic mass is 35.5. The lowest BCUT2D eigenvalue weighted by Gasteiger charge is -2.18. The number of anilines is 2. The molecule has 26 heavy (non-hydrogen) atoms. The predicted octanol–water partition coefficient (Wildman–Crippen LogP) is 4.78. The van der Waals surface area contributed by atoms with E-state index in [9.17, 15) is 0 Å². The Morgan fingerprint density at radius 3 is 2.31 bits per heavy atom. The summed E-state index contributed by atoms with van der Waals surface area (Å²) in [6.45, 7) is 6.39. The molecule has 0 aliphatic heterocycles. The molecule has 0 aliphatic carbocycles. The highest BCUT2D eigenvalue weighted by Crippen LogP contribution is 2.25. The maximum Gasteiger partial charge on any atom is 0.0858 e. The molecule has 0 bridgehead atoms. The minimum atomic E-state index is 0.289. The summed E-state index contributed by atoms with van der Waals surface area (Å²) in [4.78, 5) is 1.60. The molecule has 3 aromatic rings. The van der Waals surface area contributed by atoms with Crippen molar-refractivity contribution in [1.82, 2.24) is 15.0 Å². The zero-order valence-corrected chi connectivity index (χ0v) is 16.0. The Labute approximate surface area is 159 Å². The van der Waals surface area contributed by atoms with Crippen LogP contribution in [0.5, 0.6) is 0 Å². The van der Waals surface area contributed by atoms with Crippen molar-refractivity contribution in [1.29, 1.82) is 0 Å². The molecule has 0 fully saturated rings. The van der Waals surface area contributed by atoms with Gasteiger partial charge in [-0.15, -0.1) is 0 Å². The molecule has 0 amide bonds. The third-order valence-electron chi connectivity index (χ3n) is 3.95. The zero-order chi connectivity index (χ0) is 18.5. The predicted molar refractivity (Wildman–Crippen MR) is 108 cm³/mol. The fraction of sp³-hybridized carbons (Fsp3) is 0.300. The van der Waals surface area contributed by atoms with Gasteiger partial charge in [-0.3, -0.25) is 0 Å². The van der Waals surface area contributed by atoms with Gasteiger partial charge < -0.3 is 10.6 Å². The Morgan fingerprint density at radius 2 is 1.65 bits per heavy atom. The van der Waals surface area contributed by atoms with Crippen molar-refractivity contribution in [2.75, 3.05) is 10.6 Å². The van der Waals surface area contributed by atoms with Crippen molar-refractivity contribution in [3.63, 3.8) is 0 Å². The maximum atomic E-state index is 6.27. The average Bonchev–Trinajstić information content (AvgIpc) is 3.12. The largest absolute Gasteiger partial charge is 0.382 e. The number of hydrogen-bond acceptors (Lipinski definition) is 4. The third-order valence-corrected chi connectivity index (χ3v) is 4.28. The number of rotatable bonds is 7. The molecule has 0 spiro atoms. The molecule has 3 rings (SSSR count). The Bertz CT molecular complexity index is 828. The first-order chi connectivity index (χ1) is 12.5. The number of aromatic nitrogens is 3. The van der Waals surface area contributed by atoms with E-state index in [0.29, 0.717) is 6.04 Å². The zero-order valence-electron chi connectivity index (χ0n) is 15.3. The van der Waals surface area contributed by atoms with E-state index >= 15 is 0 Å². The number of hydrogen-bond donors (Lipinski definition) is 2. The fourth-order valence-corrected chi connectivity index (χ4v) is 3.02. The second kappa shape index (κ2) is 8.23. The second-order valence-corrected chi connectivity index (χ2v) is 7.14. The first kappa shape index (κ1) is 18.3. The van der Waals surface area contributed by atoms with Crippen molar-refractivity contribution in [3.05, 3.63) is 65.4 Å². The Hall–Kier alpha value is -2.53. The van der Waals surface area contributed by atoms with Crippen LogP contribution in [0.2, 0.25) is 5.02 Å². The molecule has 0 aliphatic rings. The standard InChI is InChI=1S/C20H24ClN5/c1-14(2)24-20-13-16(4-9-19(20)21)12-15(3)25-17-5-7-18(8-6-17)26-22-10-11-23-26/h4-11,13-15,24-25H,12H2,1-3H3. The Morgan fingerprint density at radius 1 is 0.962 bits per heavy atom. The van der Waals surface area contributed by atoms with Gasteiger partial charge in [0, 0.05) is 17.8 Å². The number of halogens is 1. The van der Waals surface area contributed by atoms with Crippen molar-refractivity contribution in [3.8, 4) is 5.69 Å². The molecular formula is C20H24ClN5. The summed E-state index contributed by atoms with van der Waals surface area (Å²) in [5.41, 5.74) is 4.25. The first-order valence-corrected chi connectivity index (χ1v) is 9.17. The Kier molecular flexibility index (Phi) is 5.78. The van der Waals surface area contributed by atoms with E-state index in [0.717, 1.165) is 28.5 Å².